The summed E-state index contributed by atoms with van der Waals surface area (Å²) in [5.41, 5.74) is 9.94. The van der Waals surface area contributed by atoms with Crippen LogP contribution in [-0.4, -0.2) is 26.7 Å². The molecule has 0 unspecified atom stereocenters. The molecule has 7 heteroatoms. The molecule has 4 rings (SSSR count). The minimum Gasteiger partial charge on any atom is -0.489 e. The van der Waals surface area contributed by atoms with Gasteiger partial charge in [-0.1, -0.05) is 84.9 Å². The first kappa shape index (κ1) is 27.7. The second-order valence-electron chi connectivity index (χ2n) is 8.80. The summed E-state index contributed by atoms with van der Waals surface area (Å²) in [7, 11) is 0. The van der Waals surface area contributed by atoms with E-state index in [0.29, 0.717) is 19.4 Å². The third kappa shape index (κ3) is 7.81. The lowest BCUT2D eigenvalue weighted by atomic mass is 10.0. The molecule has 3 aromatic carbocycles. The fourth-order valence-corrected chi connectivity index (χ4v) is 4.08. The van der Waals surface area contributed by atoms with Crippen molar-refractivity contribution in [2.75, 3.05) is 0 Å². The Labute approximate surface area is 223 Å². The first-order valence-electron chi connectivity index (χ1n) is 12.0. The highest BCUT2D eigenvalue weighted by Crippen LogP contribution is 2.26. The zero-order valence-corrected chi connectivity index (χ0v) is 21.6. The number of hydrogen-bond acceptors (Lipinski definition) is 4. The van der Waals surface area contributed by atoms with Crippen LogP contribution in [-0.2, 0) is 13.0 Å². The van der Waals surface area contributed by atoms with Gasteiger partial charge in [0.25, 0.3) is 5.91 Å². The van der Waals surface area contributed by atoms with Crippen molar-refractivity contribution in [3.63, 3.8) is 0 Å². The zero-order valence-electron chi connectivity index (χ0n) is 20.7. The second-order valence-corrected chi connectivity index (χ2v) is 8.80. The SMILES string of the molecule is C[C@H](O)[C@@H](CCc1ccccc1OCc1ccc(C=Cc2ccccc2)cc1)n1cnc(C(N)=O)c1.Cl. The summed E-state index contributed by atoms with van der Waals surface area (Å²) < 4.78 is 7.92. The van der Waals surface area contributed by atoms with Crippen molar-refractivity contribution in [2.45, 2.75) is 38.5 Å². The number of aryl methyl sites for hydroxylation is 1. The number of nitrogens with zero attached hydrogens (tertiary/aromatic N) is 2. The molecule has 0 spiro atoms. The third-order valence-corrected chi connectivity index (χ3v) is 6.12. The number of primary amides is 1. The van der Waals surface area contributed by atoms with Crippen LogP contribution in [0.4, 0.5) is 0 Å². The molecule has 1 aromatic heterocycles. The number of benzene rings is 3. The molecular formula is C30H32ClN3O3. The van der Waals surface area contributed by atoms with E-state index in [1.165, 1.54) is 5.56 Å². The Hall–Kier alpha value is -3.87. The van der Waals surface area contributed by atoms with Gasteiger partial charge < -0.3 is 20.1 Å². The number of nitrogens with two attached hydrogens (primary N) is 1. The lowest BCUT2D eigenvalue weighted by Crippen LogP contribution is -2.21. The number of carbonyl (C=O) groups is 1. The average molecular weight is 518 g/mol. The summed E-state index contributed by atoms with van der Waals surface area (Å²) in [6.45, 7) is 2.19. The number of para-hydroxylation sites is 1. The van der Waals surface area contributed by atoms with E-state index in [9.17, 15) is 9.90 Å². The molecule has 3 N–H and O–H groups in total. The van der Waals surface area contributed by atoms with Crippen molar-refractivity contribution in [1.82, 2.24) is 9.55 Å². The van der Waals surface area contributed by atoms with Crippen molar-refractivity contribution >= 4 is 30.5 Å². The van der Waals surface area contributed by atoms with Crippen LogP contribution in [0.2, 0.25) is 0 Å². The molecule has 0 fully saturated rings. The van der Waals surface area contributed by atoms with E-state index in [1.54, 1.807) is 24.0 Å². The van der Waals surface area contributed by atoms with Gasteiger partial charge in [0.15, 0.2) is 0 Å². The molecule has 1 amide bonds. The van der Waals surface area contributed by atoms with Gasteiger partial charge in [-0.05, 0) is 48.1 Å². The maximum atomic E-state index is 11.4. The maximum absolute atomic E-state index is 11.4. The molecule has 4 aromatic rings. The summed E-state index contributed by atoms with van der Waals surface area (Å²) >= 11 is 0. The minimum absolute atomic E-state index is 0. The summed E-state index contributed by atoms with van der Waals surface area (Å²) in [4.78, 5) is 15.4. The number of carbonyl (C=O) groups excluding carboxylic acids is 1. The number of imidazole rings is 1. The molecule has 0 saturated heterocycles. The van der Waals surface area contributed by atoms with Crippen LogP contribution in [0.3, 0.4) is 0 Å². The number of amides is 1. The van der Waals surface area contributed by atoms with E-state index in [2.05, 4.69) is 53.5 Å². The average Bonchev–Trinajstić information content (AvgIpc) is 3.38. The van der Waals surface area contributed by atoms with Crippen LogP contribution >= 0.6 is 12.4 Å². The Morgan fingerprint density at radius 2 is 1.65 bits per heavy atom. The van der Waals surface area contributed by atoms with E-state index in [0.717, 1.165) is 22.4 Å². The Morgan fingerprint density at radius 1 is 1.00 bits per heavy atom. The zero-order chi connectivity index (χ0) is 25.3. The fraction of sp³-hybridized carbons (Fsp3) is 0.200. The van der Waals surface area contributed by atoms with Crippen molar-refractivity contribution in [3.05, 3.63) is 119 Å². The number of aliphatic hydroxyl groups is 1. The van der Waals surface area contributed by atoms with Crippen LogP contribution < -0.4 is 10.5 Å². The Bertz CT molecular complexity index is 1300. The summed E-state index contributed by atoms with van der Waals surface area (Å²) in [5, 5.41) is 10.3. The van der Waals surface area contributed by atoms with E-state index >= 15 is 0 Å². The van der Waals surface area contributed by atoms with Gasteiger partial charge in [0, 0.05) is 6.20 Å². The molecule has 0 aliphatic carbocycles. The number of ether oxygens (including phenoxy) is 1. The quantitative estimate of drug-likeness (QED) is 0.249. The molecule has 0 bridgehead atoms. The number of hydrogen-bond donors (Lipinski definition) is 2. The number of rotatable bonds is 11. The van der Waals surface area contributed by atoms with E-state index in [1.807, 2.05) is 42.5 Å². The van der Waals surface area contributed by atoms with E-state index in [-0.39, 0.29) is 24.1 Å². The van der Waals surface area contributed by atoms with Gasteiger partial charge in [-0.3, -0.25) is 4.79 Å². The topological polar surface area (TPSA) is 90.4 Å². The molecule has 192 valence electrons. The smallest absolute Gasteiger partial charge is 0.268 e. The monoisotopic (exact) mass is 517 g/mol. The van der Waals surface area contributed by atoms with Gasteiger partial charge in [-0.15, -0.1) is 12.4 Å². The van der Waals surface area contributed by atoms with E-state index < -0.39 is 12.0 Å². The van der Waals surface area contributed by atoms with Gasteiger partial charge >= 0.3 is 0 Å². The summed E-state index contributed by atoms with van der Waals surface area (Å²) in [6, 6.07) is 26.2. The number of aromatic nitrogens is 2. The van der Waals surface area contributed by atoms with Crippen LogP contribution in [0.1, 0.15) is 52.1 Å². The maximum Gasteiger partial charge on any atom is 0.268 e. The molecule has 0 aliphatic rings. The lowest BCUT2D eigenvalue weighted by molar-refractivity contribution is 0.0994. The van der Waals surface area contributed by atoms with Crippen molar-refractivity contribution in [2.24, 2.45) is 5.73 Å². The first-order valence-corrected chi connectivity index (χ1v) is 12.0. The predicted octanol–water partition coefficient (Wildman–Crippen LogP) is 5.71. The van der Waals surface area contributed by atoms with Crippen LogP contribution in [0, 0.1) is 0 Å². The molecular weight excluding hydrogens is 486 g/mol. The predicted molar refractivity (Wildman–Crippen MR) is 150 cm³/mol. The van der Waals surface area contributed by atoms with Crippen molar-refractivity contribution in [1.29, 1.82) is 0 Å². The Morgan fingerprint density at radius 3 is 2.30 bits per heavy atom. The minimum atomic E-state index is -0.623. The molecule has 0 radical (unpaired) electrons. The van der Waals surface area contributed by atoms with Crippen molar-refractivity contribution in [3.8, 4) is 5.75 Å². The molecule has 0 saturated carbocycles. The Kier molecular flexibility index (Phi) is 10.1. The standard InChI is InChI=1S/C30H31N3O3.ClH/c1-22(34)28(33-19-27(30(31)35)32-21-33)18-17-26-9-5-6-10-29(26)36-20-25-15-13-24(14-16-25)12-11-23-7-3-2-4-8-23;/h2-16,19,21-22,28,34H,17-18,20H2,1H3,(H2,31,35);1H/t22-,28+;/m0./s1. The lowest BCUT2D eigenvalue weighted by Gasteiger charge is -2.22. The largest absolute Gasteiger partial charge is 0.489 e. The van der Waals surface area contributed by atoms with Crippen molar-refractivity contribution < 1.29 is 14.6 Å². The number of halogens is 1. The Balaban J connectivity index is 0.00000380. The molecule has 1 heterocycles. The highest BCUT2D eigenvalue weighted by molar-refractivity contribution is 5.90. The molecule has 6 nitrogen and oxygen atoms in total. The molecule has 2 atom stereocenters. The second kappa shape index (κ2) is 13.4. The van der Waals surface area contributed by atoms with E-state index in [4.69, 9.17) is 10.5 Å². The van der Waals surface area contributed by atoms with Gasteiger partial charge in [0.05, 0.1) is 18.5 Å². The van der Waals surface area contributed by atoms with Gasteiger partial charge in [-0.25, -0.2) is 4.98 Å². The highest BCUT2D eigenvalue weighted by Gasteiger charge is 2.19. The van der Waals surface area contributed by atoms with Gasteiger partial charge in [-0.2, -0.15) is 0 Å². The van der Waals surface area contributed by atoms with Crippen LogP contribution in [0.15, 0.2) is 91.4 Å². The van der Waals surface area contributed by atoms with Gasteiger partial charge in [0.2, 0.25) is 0 Å². The molecule has 37 heavy (non-hydrogen) atoms. The normalized spacial score (nSPS) is 12.6. The van der Waals surface area contributed by atoms with Crippen LogP contribution in [0.5, 0.6) is 5.75 Å². The third-order valence-electron chi connectivity index (χ3n) is 6.12. The van der Waals surface area contributed by atoms with Crippen LogP contribution in [0.25, 0.3) is 12.2 Å². The summed E-state index contributed by atoms with van der Waals surface area (Å²) in [6.07, 6.45) is 8.04. The first-order chi connectivity index (χ1) is 17.5. The molecule has 0 aliphatic heterocycles. The van der Waals surface area contributed by atoms with Gasteiger partial charge in [0.1, 0.15) is 18.1 Å². The summed E-state index contributed by atoms with van der Waals surface area (Å²) in [5.74, 6) is 0.232. The number of aliphatic hydroxyl groups excluding tert-OH is 1. The fourth-order valence-electron chi connectivity index (χ4n) is 4.08. The highest BCUT2D eigenvalue weighted by atomic mass is 35.5.